The van der Waals surface area contributed by atoms with Crippen molar-refractivity contribution >= 4 is 12.0 Å². The van der Waals surface area contributed by atoms with Gasteiger partial charge in [-0.1, -0.05) is 24.6 Å². The van der Waals surface area contributed by atoms with Gasteiger partial charge in [-0.25, -0.2) is 0 Å². The molecule has 1 aliphatic rings. The van der Waals surface area contributed by atoms with Crippen LogP contribution in [0.2, 0.25) is 0 Å². The van der Waals surface area contributed by atoms with E-state index in [1.807, 2.05) is 31.2 Å². The predicted octanol–water partition coefficient (Wildman–Crippen LogP) is 2.77. The number of benzene rings is 1. The Kier molecular flexibility index (Phi) is 6.46. The monoisotopic (exact) mass is 303 g/mol. The maximum absolute atomic E-state index is 11.9. The highest BCUT2D eigenvalue weighted by Gasteiger charge is 2.20. The van der Waals surface area contributed by atoms with Gasteiger partial charge in [-0.05, 0) is 44.2 Å². The normalized spacial score (nSPS) is 21.7. The van der Waals surface area contributed by atoms with E-state index in [1.165, 1.54) is 6.08 Å². The third kappa shape index (κ3) is 5.19. The van der Waals surface area contributed by atoms with Crippen LogP contribution in [0.5, 0.6) is 5.75 Å². The molecule has 2 atom stereocenters. The number of ether oxygens (including phenoxy) is 1. The van der Waals surface area contributed by atoms with E-state index < -0.39 is 0 Å². The van der Waals surface area contributed by atoms with Gasteiger partial charge in [0, 0.05) is 18.2 Å². The number of hydrogen-bond donors (Lipinski definition) is 2. The number of aliphatic hydroxyl groups is 1. The lowest BCUT2D eigenvalue weighted by atomic mass is 9.87. The summed E-state index contributed by atoms with van der Waals surface area (Å²) >= 11 is 0. The van der Waals surface area contributed by atoms with Crippen LogP contribution in [0.3, 0.4) is 0 Å². The molecule has 120 valence electrons. The van der Waals surface area contributed by atoms with Crippen LogP contribution in [0.4, 0.5) is 0 Å². The molecule has 1 fully saturated rings. The summed E-state index contributed by atoms with van der Waals surface area (Å²) in [5.41, 5.74) is 0.896. The van der Waals surface area contributed by atoms with Gasteiger partial charge in [-0.15, -0.1) is 0 Å². The molecule has 1 aliphatic carbocycles. The van der Waals surface area contributed by atoms with Crippen LogP contribution < -0.4 is 10.1 Å². The summed E-state index contributed by atoms with van der Waals surface area (Å²) in [5.74, 6) is 1.06. The molecule has 22 heavy (non-hydrogen) atoms. The number of hydrogen-bond acceptors (Lipinski definition) is 3. The maximum Gasteiger partial charge on any atom is 0.244 e. The minimum absolute atomic E-state index is 0.105. The van der Waals surface area contributed by atoms with Gasteiger partial charge in [0.2, 0.25) is 5.91 Å². The molecule has 2 rings (SSSR count). The predicted molar refractivity (Wildman–Crippen MR) is 87.6 cm³/mol. The molecule has 4 nitrogen and oxygen atoms in total. The number of rotatable bonds is 6. The minimum atomic E-state index is -0.204. The first-order valence-corrected chi connectivity index (χ1v) is 8.05. The Morgan fingerprint density at radius 1 is 1.41 bits per heavy atom. The fraction of sp³-hybridized carbons (Fsp3) is 0.500. The van der Waals surface area contributed by atoms with Gasteiger partial charge in [0.25, 0.3) is 0 Å². The SMILES string of the molecule is CCOc1ccccc1C=CC(=O)NCC1CCCC(O)C1. The molecule has 1 aromatic carbocycles. The van der Waals surface area contributed by atoms with Gasteiger partial charge in [-0.2, -0.15) is 0 Å². The number of para-hydroxylation sites is 1. The van der Waals surface area contributed by atoms with Gasteiger partial charge in [0.1, 0.15) is 5.75 Å². The first-order valence-electron chi connectivity index (χ1n) is 8.05. The maximum atomic E-state index is 11.9. The summed E-state index contributed by atoms with van der Waals surface area (Å²) in [6.07, 6.45) is 6.90. The van der Waals surface area contributed by atoms with E-state index in [9.17, 15) is 9.90 Å². The van der Waals surface area contributed by atoms with Gasteiger partial charge < -0.3 is 15.2 Å². The lowest BCUT2D eigenvalue weighted by molar-refractivity contribution is -0.116. The molecule has 0 bridgehead atoms. The average molecular weight is 303 g/mol. The Balaban J connectivity index is 1.83. The fourth-order valence-corrected chi connectivity index (χ4v) is 2.82. The highest BCUT2D eigenvalue weighted by Crippen LogP contribution is 2.23. The van der Waals surface area contributed by atoms with Crippen LogP contribution in [0.1, 0.15) is 38.2 Å². The van der Waals surface area contributed by atoms with Crippen LogP contribution in [-0.4, -0.2) is 30.3 Å². The topological polar surface area (TPSA) is 58.6 Å². The standard InChI is InChI=1S/C18H25NO3/c1-2-22-17-9-4-3-7-15(17)10-11-18(21)19-13-14-6-5-8-16(20)12-14/h3-4,7,9-11,14,16,20H,2,5-6,8,12-13H2,1H3,(H,19,21). The lowest BCUT2D eigenvalue weighted by Gasteiger charge is -2.25. The molecule has 0 heterocycles. The molecule has 0 spiro atoms. The van der Waals surface area contributed by atoms with Crippen LogP contribution >= 0.6 is 0 Å². The van der Waals surface area contributed by atoms with Gasteiger partial charge in [0.15, 0.2) is 0 Å². The van der Waals surface area contributed by atoms with Crippen molar-refractivity contribution in [1.29, 1.82) is 0 Å². The molecular formula is C18H25NO3. The van der Waals surface area contributed by atoms with Crippen molar-refractivity contribution in [2.75, 3.05) is 13.2 Å². The van der Waals surface area contributed by atoms with Crippen LogP contribution in [0, 0.1) is 5.92 Å². The molecule has 2 N–H and O–H groups in total. The number of aliphatic hydroxyl groups excluding tert-OH is 1. The van der Waals surface area contributed by atoms with Crippen molar-refractivity contribution in [2.45, 2.75) is 38.7 Å². The molecule has 1 aromatic rings. The second-order valence-electron chi connectivity index (χ2n) is 5.74. The van der Waals surface area contributed by atoms with Crippen molar-refractivity contribution < 1.29 is 14.6 Å². The van der Waals surface area contributed by atoms with E-state index in [4.69, 9.17) is 4.74 Å². The van der Waals surface area contributed by atoms with Crippen molar-refractivity contribution in [1.82, 2.24) is 5.32 Å². The molecule has 2 unspecified atom stereocenters. The van der Waals surface area contributed by atoms with Gasteiger partial charge in [0.05, 0.1) is 12.7 Å². The molecule has 0 aliphatic heterocycles. The van der Waals surface area contributed by atoms with Gasteiger partial charge in [-0.3, -0.25) is 4.79 Å². The molecular weight excluding hydrogens is 278 g/mol. The quantitative estimate of drug-likeness (QED) is 0.795. The smallest absolute Gasteiger partial charge is 0.244 e. The number of carbonyl (C=O) groups excluding carboxylic acids is 1. The third-order valence-corrected chi connectivity index (χ3v) is 3.95. The fourth-order valence-electron chi connectivity index (χ4n) is 2.82. The summed E-state index contributed by atoms with van der Waals surface area (Å²) in [6.45, 7) is 3.17. The molecule has 0 saturated heterocycles. The van der Waals surface area contributed by atoms with E-state index >= 15 is 0 Å². The largest absolute Gasteiger partial charge is 0.493 e. The number of carbonyl (C=O) groups is 1. The third-order valence-electron chi connectivity index (χ3n) is 3.95. The Bertz CT molecular complexity index is 513. The Morgan fingerprint density at radius 3 is 3.00 bits per heavy atom. The average Bonchev–Trinajstić information content (AvgIpc) is 2.52. The van der Waals surface area contributed by atoms with E-state index in [1.54, 1.807) is 6.08 Å². The minimum Gasteiger partial charge on any atom is -0.493 e. The summed E-state index contributed by atoms with van der Waals surface area (Å²) < 4.78 is 5.53. The first kappa shape index (κ1) is 16.6. The Morgan fingerprint density at radius 2 is 2.23 bits per heavy atom. The molecule has 0 aromatic heterocycles. The molecule has 1 amide bonds. The van der Waals surface area contributed by atoms with Crippen molar-refractivity contribution in [3.8, 4) is 5.75 Å². The summed E-state index contributed by atoms with van der Waals surface area (Å²) in [7, 11) is 0. The van der Waals surface area contributed by atoms with E-state index in [-0.39, 0.29) is 12.0 Å². The second-order valence-corrected chi connectivity index (χ2v) is 5.74. The van der Waals surface area contributed by atoms with Gasteiger partial charge >= 0.3 is 0 Å². The molecule has 1 saturated carbocycles. The van der Waals surface area contributed by atoms with Crippen molar-refractivity contribution in [3.05, 3.63) is 35.9 Å². The Labute approximate surface area is 132 Å². The van der Waals surface area contributed by atoms with E-state index in [2.05, 4.69) is 5.32 Å². The zero-order valence-corrected chi connectivity index (χ0v) is 13.1. The summed E-state index contributed by atoms with van der Waals surface area (Å²) in [4.78, 5) is 11.9. The van der Waals surface area contributed by atoms with E-state index in [0.717, 1.165) is 37.0 Å². The summed E-state index contributed by atoms with van der Waals surface area (Å²) in [6, 6.07) is 7.65. The second kappa shape index (κ2) is 8.59. The number of amides is 1. The van der Waals surface area contributed by atoms with E-state index in [0.29, 0.717) is 19.1 Å². The zero-order chi connectivity index (χ0) is 15.8. The Hall–Kier alpha value is -1.81. The molecule has 0 radical (unpaired) electrons. The van der Waals surface area contributed by atoms with Crippen LogP contribution in [-0.2, 0) is 4.79 Å². The lowest BCUT2D eigenvalue weighted by Crippen LogP contribution is -2.32. The zero-order valence-electron chi connectivity index (χ0n) is 13.1. The molecule has 4 heteroatoms. The highest BCUT2D eigenvalue weighted by atomic mass is 16.5. The van der Waals surface area contributed by atoms with Crippen molar-refractivity contribution in [3.63, 3.8) is 0 Å². The summed E-state index contributed by atoms with van der Waals surface area (Å²) in [5, 5.41) is 12.6. The van der Waals surface area contributed by atoms with Crippen LogP contribution in [0.25, 0.3) is 6.08 Å². The van der Waals surface area contributed by atoms with Crippen molar-refractivity contribution in [2.24, 2.45) is 5.92 Å². The highest BCUT2D eigenvalue weighted by molar-refractivity contribution is 5.92. The number of nitrogens with one attached hydrogen (secondary N) is 1. The first-order chi connectivity index (χ1) is 10.7. The van der Waals surface area contributed by atoms with Crippen LogP contribution in [0.15, 0.2) is 30.3 Å².